The first kappa shape index (κ1) is 14.2. The third kappa shape index (κ3) is 4.47. The molecule has 0 aliphatic carbocycles. The van der Waals surface area contributed by atoms with E-state index in [2.05, 4.69) is 30.8 Å². The Morgan fingerprint density at radius 2 is 2.06 bits per heavy atom. The molecule has 96 valence electrons. The molecule has 0 spiro atoms. The van der Waals surface area contributed by atoms with Crippen molar-refractivity contribution < 1.29 is 9.47 Å². The van der Waals surface area contributed by atoms with Gasteiger partial charge in [0, 0.05) is 37.3 Å². The lowest BCUT2D eigenvalue weighted by Gasteiger charge is -2.21. The van der Waals surface area contributed by atoms with E-state index in [4.69, 9.17) is 9.47 Å². The molecule has 0 radical (unpaired) electrons. The molecule has 1 aromatic heterocycles. The Morgan fingerprint density at radius 1 is 1.29 bits per heavy atom. The van der Waals surface area contributed by atoms with Crippen molar-refractivity contribution in [2.45, 2.75) is 6.92 Å². The molecule has 6 heteroatoms. The summed E-state index contributed by atoms with van der Waals surface area (Å²) in [5, 5.41) is 0.857. The highest BCUT2D eigenvalue weighted by Crippen LogP contribution is 2.15. The zero-order chi connectivity index (χ0) is 12.7. The van der Waals surface area contributed by atoms with Crippen LogP contribution in [0.1, 0.15) is 5.69 Å². The highest BCUT2D eigenvalue weighted by atomic mass is 79.9. The minimum atomic E-state index is 0.587. The van der Waals surface area contributed by atoms with Crippen molar-refractivity contribution in [3.63, 3.8) is 0 Å². The van der Waals surface area contributed by atoms with Gasteiger partial charge in [-0.25, -0.2) is 4.98 Å². The van der Waals surface area contributed by atoms with Crippen LogP contribution in [-0.4, -0.2) is 49.2 Å². The van der Waals surface area contributed by atoms with Crippen LogP contribution in [0.4, 0.5) is 5.95 Å². The maximum Gasteiger partial charge on any atom is 0.228 e. The summed E-state index contributed by atoms with van der Waals surface area (Å²) >= 11 is 3.42. The van der Waals surface area contributed by atoms with E-state index >= 15 is 0 Å². The lowest BCUT2D eigenvalue weighted by atomic mass is 10.4. The second-order valence-electron chi connectivity index (χ2n) is 3.52. The lowest BCUT2D eigenvalue weighted by Crippen LogP contribution is -2.31. The number of ether oxygens (including phenoxy) is 2. The van der Waals surface area contributed by atoms with E-state index in [9.17, 15) is 0 Å². The van der Waals surface area contributed by atoms with Crippen molar-refractivity contribution in [3.8, 4) is 5.88 Å². The second kappa shape index (κ2) is 7.45. The summed E-state index contributed by atoms with van der Waals surface area (Å²) in [5.74, 6) is 1.27. The average molecular weight is 304 g/mol. The molecule has 17 heavy (non-hydrogen) atoms. The Kier molecular flexibility index (Phi) is 6.21. The van der Waals surface area contributed by atoms with E-state index < -0.39 is 0 Å². The molecular formula is C11H18BrN3O2. The molecule has 1 aromatic rings. The van der Waals surface area contributed by atoms with Gasteiger partial charge in [-0.3, -0.25) is 0 Å². The monoisotopic (exact) mass is 303 g/mol. The summed E-state index contributed by atoms with van der Waals surface area (Å²) in [4.78, 5) is 10.8. The Bertz CT molecular complexity index is 349. The first-order valence-corrected chi connectivity index (χ1v) is 6.53. The van der Waals surface area contributed by atoms with Gasteiger partial charge in [0.2, 0.25) is 11.8 Å². The number of aromatic nitrogens is 2. The van der Waals surface area contributed by atoms with Crippen molar-refractivity contribution in [1.29, 1.82) is 0 Å². The number of hydrogen-bond acceptors (Lipinski definition) is 5. The number of alkyl halides is 1. The molecule has 5 nitrogen and oxygen atoms in total. The number of hydrogen-bond donors (Lipinski definition) is 0. The zero-order valence-corrected chi connectivity index (χ0v) is 12.0. The fourth-order valence-corrected chi connectivity index (χ4v) is 1.81. The Balaban J connectivity index is 2.87. The molecule has 0 saturated heterocycles. The third-order valence-electron chi connectivity index (χ3n) is 2.23. The second-order valence-corrected chi connectivity index (χ2v) is 4.31. The van der Waals surface area contributed by atoms with Crippen molar-refractivity contribution in [2.24, 2.45) is 0 Å². The van der Waals surface area contributed by atoms with Crippen LogP contribution in [0.5, 0.6) is 5.88 Å². The van der Waals surface area contributed by atoms with Crippen LogP contribution in [0.2, 0.25) is 0 Å². The predicted octanol–water partition coefficient (Wildman–Crippen LogP) is 1.64. The number of halogens is 1. The fraction of sp³-hybridized carbons (Fsp3) is 0.636. The lowest BCUT2D eigenvalue weighted by molar-refractivity contribution is 0.205. The number of nitrogens with zero attached hydrogens (tertiary/aromatic N) is 3. The van der Waals surface area contributed by atoms with Crippen molar-refractivity contribution in [2.75, 3.05) is 44.1 Å². The topological polar surface area (TPSA) is 47.5 Å². The molecule has 0 aliphatic rings. The van der Waals surface area contributed by atoms with Gasteiger partial charge in [0.25, 0.3) is 0 Å². The molecule has 1 heterocycles. The summed E-state index contributed by atoms with van der Waals surface area (Å²) < 4.78 is 10.2. The predicted molar refractivity (Wildman–Crippen MR) is 71.2 cm³/mol. The normalized spacial score (nSPS) is 10.4. The molecular weight excluding hydrogens is 286 g/mol. The average Bonchev–Trinajstić information content (AvgIpc) is 2.33. The van der Waals surface area contributed by atoms with E-state index in [1.807, 2.05) is 13.0 Å². The van der Waals surface area contributed by atoms with Gasteiger partial charge in [-0.2, -0.15) is 4.98 Å². The largest absolute Gasteiger partial charge is 0.481 e. The summed E-state index contributed by atoms with van der Waals surface area (Å²) in [6, 6.07) is 1.81. The van der Waals surface area contributed by atoms with Crippen molar-refractivity contribution in [1.82, 2.24) is 9.97 Å². The van der Waals surface area contributed by atoms with Crippen molar-refractivity contribution >= 4 is 21.9 Å². The molecule has 0 amide bonds. The van der Waals surface area contributed by atoms with E-state index in [-0.39, 0.29) is 0 Å². The van der Waals surface area contributed by atoms with Gasteiger partial charge in [-0.1, -0.05) is 15.9 Å². The van der Waals surface area contributed by atoms with Gasteiger partial charge in [-0.15, -0.1) is 0 Å². The minimum absolute atomic E-state index is 0.587. The van der Waals surface area contributed by atoms with Gasteiger partial charge >= 0.3 is 0 Å². The van der Waals surface area contributed by atoms with Gasteiger partial charge in [-0.05, 0) is 6.92 Å². The van der Waals surface area contributed by atoms with Crippen LogP contribution in [0.15, 0.2) is 6.07 Å². The summed E-state index contributed by atoms with van der Waals surface area (Å²) in [6.07, 6.45) is 0. The molecule has 0 saturated carbocycles. The van der Waals surface area contributed by atoms with Crippen LogP contribution >= 0.6 is 15.9 Å². The number of rotatable bonds is 7. The van der Waals surface area contributed by atoms with Gasteiger partial charge in [0.15, 0.2) is 0 Å². The quantitative estimate of drug-likeness (QED) is 0.717. The van der Waals surface area contributed by atoms with Gasteiger partial charge < -0.3 is 14.4 Å². The van der Waals surface area contributed by atoms with Crippen LogP contribution in [0.3, 0.4) is 0 Å². The van der Waals surface area contributed by atoms with E-state index in [0.29, 0.717) is 18.4 Å². The highest BCUT2D eigenvalue weighted by molar-refractivity contribution is 9.09. The van der Waals surface area contributed by atoms with Crippen molar-refractivity contribution in [3.05, 3.63) is 11.8 Å². The van der Waals surface area contributed by atoms with Crippen LogP contribution in [0, 0.1) is 6.92 Å². The first-order valence-electron chi connectivity index (χ1n) is 5.40. The first-order chi connectivity index (χ1) is 8.21. The maximum absolute atomic E-state index is 5.15. The molecule has 0 aliphatic heterocycles. The van der Waals surface area contributed by atoms with E-state index in [0.717, 1.165) is 24.1 Å². The van der Waals surface area contributed by atoms with Crippen LogP contribution in [0.25, 0.3) is 0 Å². The number of methoxy groups -OCH3 is 2. The molecule has 0 fully saturated rings. The zero-order valence-electron chi connectivity index (χ0n) is 10.4. The van der Waals surface area contributed by atoms with Crippen LogP contribution in [-0.2, 0) is 4.74 Å². The summed E-state index contributed by atoms with van der Waals surface area (Å²) in [5.41, 5.74) is 0.892. The third-order valence-corrected chi connectivity index (χ3v) is 2.59. The van der Waals surface area contributed by atoms with E-state index in [1.54, 1.807) is 14.2 Å². The standard InChI is InChI=1S/C11H18BrN3O2/c1-9-8-10(17-3)14-11(13-9)15(5-4-12)6-7-16-2/h8H,4-7H2,1-3H3. The molecule has 0 unspecified atom stereocenters. The molecule has 0 aromatic carbocycles. The highest BCUT2D eigenvalue weighted by Gasteiger charge is 2.11. The SMILES string of the molecule is COCCN(CCBr)c1nc(C)cc(OC)n1. The molecule has 1 rings (SSSR count). The van der Waals surface area contributed by atoms with E-state index in [1.165, 1.54) is 0 Å². The van der Waals surface area contributed by atoms with Crippen LogP contribution < -0.4 is 9.64 Å². The Morgan fingerprint density at radius 3 is 2.65 bits per heavy atom. The fourth-order valence-electron chi connectivity index (χ4n) is 1.39. The molecule has 0 atom stereocenters. The van der Waals surface area contributed by atoms with Gasteiger partial charge in [0.05, 0.1) is 13.7 Å². The summed E-state index contributed by atoms with van der Waals surface area (Å²) in [7, 11) is 3.29. The number of aryl methyl sites for hydroxylation is 1. The Labute approximate surface area is 110 Å². The molecule has 0 N–H and O–H groups in total. The maximum atomic E-state index is 5.15. The summed E-state index contributed by atoms with van der Waals surface area (Å²) in [6.45, 7) is 4.16. The minimum Gasteiger partial charge on any atom is -0.481 e. The smallest absolute Gasteiger partial charge is 0.228 e. The van der Waals surface area contributed by atoms with Gasteiger partial charge in [0.1, 0.15) is 0 Å². The Hall–Kier alpha value is -0.880. The number of anilines is 1. The molecule has 0 bridgehead atoms.